The summed E-state index contributed by atoms with van der Waals surface area (Å²) >= 11 is 0. The van der Waals surface area contributed by atoms with Gasteiger partial charge < -0.3 is 40.5 Å². The fraction of sp³-hybridized carbons (Fsp3) is 0.636. The molecule has 3 aromatic rings. The van der Waals surface area contributed by atoms with Crippen LogP contribution in [0.2, 0.25) is 0 Å². The molecule has 324 valence electrons. The molecule has 3 saturated carbocycles. The normalized spacial score (nSPS) is 25.9. The lowest BCUT2D eigenvalue weighted by atomic mass is 9.45. The molecule has 2 heterocycles. The first kappa shape index (κ1) is 44.4. The molecule has 0 unspecified atom stereocenters. The zero-order valence-electron chi connectivity index (χ0n) is 36.3. The van der Waals surface area contributed by atoms with Crippen molar-refractivity contribution < 1.29 is 34.5 Å². The predicted molar refractivity (Wildman–Crippen MR) is 225 cm³/mol. The first-order valence-electron chi connectivity index (χ1n) is 21.2. The van der Waals surface area contributed by atoms with Crippen LogP contribution in [0.25, 0.3) is 11.1 Å². The number of para-hydroxylation sites is 1. The number of rotatable bonds is 18. The van der Waals surface area contributed by atoms with Crippen LogP contribution >= 0.6 is 0 Å². The monoisotopic (exact) mass is 819 g/mol. The molecule has 15 heteroatoms. The molecule has 1 saturated heterocycles. The van der Waals surface area contributed by atoms with Crippen LogP contribution in [0.1, 0.15) is 76.0 Å². The van der Waals surface area contributed by atoms with E-state index in [2.05, 4.69) is 60.5 Å². The van der Waals surface area contributed by atoms with E-state index in [0.29, 0.717) is 47.9 Å². The lowest BCUT2D eigenvalue weighted by molar-refractivity contribution is -0.183. The molecule has 1 aromatic heterocycles. The van der Waals surface area contributed by atoms with Crippen molar-refractivity contribution in [1.29, 1.82) is 0 Å². The van der Waals surface area contributed by atoms with Crippen molar-refractivity contribution in [2.24, 2.45) is 29.1 Å². The molecule has 4 aliphatic rings. The van der Waals surface area contributed by atoms with Gasteiger partial charge in [0.1, 0.15) is 23.6 Å². The van der Waals surface area contributed by atoms with Crippen LogP contribution in [0.15, 0.2) is 42.6 Å². The van der Waals surface area contributed by atoms with Crippen molar-refractivity contribution in [2.45, 2.75) is 104 Å². The molecule has 5 N–H and O–H groups in total. The second kappa shape index (κ2) is 18.7. The highest BCUT2D eigenvalue weighted by molar-refractivity contribution is 5.97. The van der Waals surface area contributed by atoms with Crippen LogP contribution in [0.3, 0.4) is 0 Å². The van der Waals surface area contributed by atoms with E-state index >= 15 is 0 Å². The summed E-state index contributed by atoms with van der Waals surface area (Å²) in [5.41, 5.74) is 4.22. The number of hydrogen-bond donors (Lipinski definition) is 5. The fourth-order valence-corrected chi connectivity index (χ4v) is 9.92. The summed E-state index contributed by atoms with van der Waals surface area (Å²) in [6.45, 7) is 14.8. The third kappa shape index (κ3) is 9.30. The standard InChI is InChI=1S/C44H66N8O7/c1-10-50(11-2)21-32(22-51-23-33(24-53)47-48-51)45-42(56)30-15-29(16-34(17-30)49(7)8)35-14-12-13-28(41(35)58-9)20-52-40(39(27(4)55)38(25-54)59-52)43(57)46-37-19-31-18-36(26(37)3)44(31,5)6/h12-17,23,26-27,31-32,36-40,53-55H,10-11,18-22,24-25H2,1-9H3,(H,45,56)(H,46,57)/t26-,27-,31+,32-,36+,37-,38-,39+,40-/m0/s1. The molecule has 2 bridgehead atoms. The van der Waals surface area contributed by atoms with Gasteiger partial charge in [-0.15, -0.1) is 5.10 Å². The van der Waals surface area contributed by atoms with E-state index in [0.717, 1.165) is 41.9 Å². The minimum absolute atomic E-state index is 0.0198. The average Bonchev–Trinajstić information content (AvgIpc) is 3.84. The maximum atomic E-state index is 14.3. The van der Waals surface area contributed by atoms with Gasteiger partial charge in [-0.2, -0.15) is 5.06 Å². The number of aromatic nitrogens is 3. The number of carbonyl (C=O) groups is 2. The molecular weight excluding hydrogens is 753 g/mol. The van der Waals surface area contributed by atoms with Crippen LogP contribution < -0.4 is 20.3 Å². The molecule has 59 heavy (non-hydrogen) atoms. The molecule has 3 aliphatic carbocycles. The maximum absolute atomic E-state index is 14.3. The number of nitrogens with one attached hydrogen (secondary N) is 2. The predicted octanol–water partition coefficient (Wildman–Crippen LogP) is 3.31. The lowest BCUT2D eigenvalue weighted by Gasteiger charge is -2.62. The number of carbonyl (C=O) groups excluding carboxylic acids is 2. The number of amides is 2. The topological polar surface area (TPSA) is 178 Å². The van der Waals surface area contributed by atoms with Gasteiger partial charge in [-0.25, -0.2) is 0 Å². The molecule has 1 aliphatic heterocycles. The van der Waals surface area contributed by atoms with Crippen molar-refractivity contribution in [3.63, 3.8) is 0 Å². The molecule has 2 aromatic carbocycles. The van der Waals surface area contributed by atoms with E-state index in [9.17, 15) is 24.9 Å². The van der Waals surface area contributed by atoms with E-state index in [1.54, 1.807) is 30.0 Å². The highest BCUT2D eigenvalue weighted by Crippen LogP contribution is 2.61. The third-order valence-corrected chi connectivity index (χ3v) is 13.6. The number of ether oxygens (including phenoxy) is 1. The number of hydroxylamine groups is 2. The Morgan fingerprint density at radius 3 is 2.46 bits per heavy atom. The summed E-state index contributed by atoms with van der Waals surface area (Å²) in [6, 6.07) is 10.3. The molecule has 4 fully saturated rings. The number of aliphatic hydroxyl groups excluding tert-OH is 3. The second-order valence-electron chi connectivity index (χ2n) is 17.6. The Kier molecular flexibility index (Phi) is 14.0. The Bertz CT molecular complexity index is 1910. The van der Waals surface area contributed by atoms with Crippen LogP contribution in [0.5, 0.6) is 5.75 Å². The van der Waals surface area contributed by atoms with Crippen molar-refractivity contribution in [3.8, 4) is 16.9 Å². The molecular formula is C44H66N8O7. The van der Waals surface area contributed by atoms with Gasteiger partial charge in [0, 0.05) is 55.0 Å². The SMILES string of the molecule is CCN(CC)C[C@@H](Cn1cc(CO)nn1)NC(=O)c1cc(-c2cccc(CN3O[C@@H](CO)[C@@H]([C@H](C)O)[C@H]3C(=O)N[C@H]3C[C@H]4C[C@H]([C@@H]3C)C4(C)C)c2OC)cc(N(C)C)c1. The Morgan fingerprint density at radius 1 is 1.12 bits per heavy atom. The minimum Gasteiger partial charge on any atom is -0.496 e. The minimum atomic E-state index is -0.920. The quantitative estimate of drug-likeness (QED) is 0.127. The van der Waals surface area contributed by atoms with Gasteiger partial charge in [-0.05, 0) is 79.8 Å². The summed E-state index contributed by atoms with van der Waals surface area (Å²) in [5, 5.41) is 47.3. The number of methoxy groups -OCH3 is 1. The van der Waals surface area contributed by atoms with Gasteiger partial charge in [0.25, 0.3) is 5.91 Å². The van der Waals surface area contributed by atoms with Gasteiger partial charge in [-0.1, -0.05) is 58.0 Å². The number of hydrogen-bond acceptors (Lipinski definition) is 12. The zero-order chi connectivity index (χ0) is 42.8. The van der Waals surface area contributed by atoms with Crippen molar-refractivity contribution in [1.82, 2.24) is 35.6 Å². The van der Waals surface area contributed by atoms with Crippen LogP contribution in [0.4, 0.5) is 5.69 Å². The molecule has 15 nitrogen and oxygen atoms in total. The van der Waals surface area contributed by atoms with Gasteiger partial charge in [0.15, 0.2) is 0 Å². The van der Waals surface area contributed by atoms with Gasteiger partial charge in [0.05, 0.1) is 51.8 Å². The number of nitrogens with zero attached hydrogens (tertiary/aromatic N) is 6. The first-order valence-corrected chi connectivity index (χ1v) is 21.2. The van der Waals surface area contributed by atoms with E-state index < -0.39 is 24.2 Å². The molecule has 2 amide bonds. The number of fused-ring (bicyclic) bond motifs is 2. The first-order chi connectivity index (χ1) is 28.1. The molecule has 7 rings (SSSR count). The Morgan fingerprint density at radius 2 is 1.86 bits per heavy atom. The zero-order valence-corrected chi connectivity index (χ0v) is 36.3. The summed E-state index contributed by atoms with van der Waals surface area (Å²) < 4.78 is 7.75. The van der Waals surface area contributed by atoms with Crippen molar-refractivity contribution >= 4 is 17.5 Å². The third-order valence-electron chi connectivity index (χ3n) is 13.6. The second-order valence-corrected chi connectivity index (χ2v) is 17.6. The number of benzene rings is 2. The van der Waals surface area contributed by atoms with E-state index in [1.165, 1.54) is 6.42 Å². The summed E-state index contributed by atoms with van der Waals surface area (Å²) in [4.78, 5) is 39.0. The highest BCUT2D eigenvalue weighted by Gasteiger charge is 2.57. The Hall–Kier alpha value is -4.12. The lowest BCUT2D eigenvalue weighted by Crippen LogP contribution is -2.62. The Labute approximate surface area is 349 Å². The van der Waals surface area contributed by atoms with Crippen LogP contribution in [-0.4, -0.2) is 130 Å². The van der Waals surface area contributed by atoms with Gasteiger partial charge in [-0.3, -0.25) is 19.1 Å². The molecule has 0 spiro atoms. The summed E-state index contributed by atoms with van der Waals surface area (Å²) in [6.07, 6.45) is 2.09. The van der Waals surface area contributed by atoms with Crippen LogP contribution in [-0.2, 0) is 29.3 Å². The average molecular weight is 819 g/mol. The van der Waals surface area contributed by atoms with E-state index in [1.807, 2.05) is 55.4 Å². The Balaban J connectivity index is 1.28. The summed E-state index contributed by atoms with van der Waals surface area (Å²) in [7, 11) is 5.44. The van der Waals surface area contributed by atoms with E-state index in [4.69, 9.17) is 9.57 Å². The van der Waals surface area contributed by atoms with Crippen molar-refractivity contribution in [2.75, 3.05) is 52.3 Å². The smallest absolute Gasteiger partial charge is 0.251 e. The maximum Gasteiger partial charge on any atom is 0.251 e. The number of likely N-dealkylation sites (N-methyl/N-ethyl adjacent to an activating group) is 1. The largest absolute Gasteiger partial charge is 0.496 e. The molecule has 0 radical (unpaired) electrons. The number of aliphatic hydroxyl groups is 3. The van der Waals surface area contributed by atoms with Gasteiger partial charge >= 0.3 is 0 Å². The summed E-state index contributed by atoms with van der Waals surface area (Å²) in [5.74, 6) is 0.828. The van der Waals surface area contributed by atoms with Gasteiger partial charge in [0.2, 0.25) is 5.91 Å². The fourth-order valence-electron chi connectivity index (χ4n) is 9.92. The van der Waals surface area contributed by atoms with Crippen LogP contribution in [0, 0.1) is 29.1 Å². The molecule has 9 atom stereocenters. The number of anilines is 1. The highest BCUT2D eigenvalue weighted by atomic mass is 16.7. The van der Waals surface area contributed by atoms with Crippen molar-refractivity contribution in [3.05, 3.63) is 59.4 Å². The van der Waals surface area contributed by atoms with E-state index in [-0.39, 0.29) is 49.1 Å².